The van der Waals surface area contributed by atoms with Crippen LogP contribution in [0.5, 0.6) is 5.75 Å². The maximum atomic E-state index is 12.1. The largest absolute Gasteiger partial charge is 0.497 e. The van der Waals surface area contributed by atoms with Gasteiger partial charge in [0.05, 0.1) is 19.3 Å². The zero-order valence-corrected chi connectivity index (χ0v) is 17.1. The molecule has 0 aliphatic carbocycles. The van der Waals surface area contributed by atoms with Crippen LogP contribution in [-0.4, -0.2) is 43.3 Å². The van der Waals surface area contributed by atoms with Crippen LogP contribution in [0.15, 0.2) is 54.6 Å². The van der Waals surface area contributed by atoms with Crippen LogP contribution < -0.4 is 10.1 Å². The predicted octanol–water partition coefficient (Wildman–Crippen LogP) is 3.83. The molecule has 0 aromatic heterocycles. The third kappa shape index (κ3) is 5.75. The molecule has 0 atom stereocenters. The minimum absolute atomic E-state index is 0.243. The van der Waals surface area contributed by atoms with Gasteiger partial charge in [-0.2, -0.15) is 0 Å². The Hall–Kier alpha value is -2.97. The van der Waals surface area contributed by atoms with E-state index in [0.717, 1.165) is 24.2 Å². The molecule has 5 nitrogen and oxygen atoms in total. The van der Waals surface area contributed by atoms with Gasteiger partial charge in [0.2, 0.25) is 0 Å². The van der Waals surface area contributed by atoms with Crippen LogP contribution in [0.1, 0.15) is 30.9 Å². The van der Waals surface area contributed by atoms with Crippen molar-refractivity contribution in [3.63, 3.8) is 0 Å². The highest BCUT2D eigenvalue weighted by Crippen LogP contribution is 2.24. The first-order valence-electron chi connectivity index (χ1n) is 10.0. The van der Waals surface area contributed by atoms with Gasteiger partial charge >= 0.3 is 6.09 Å². The summed E-state index contributed by atoms with van der Waals surface area (Å²) >= 11 is 0. The Morgan fingerprint density at radius 3 is 2.41 bits per heavy atom. The van der Waals surface area contributed by atoms with Gasteiger partial charge in [-0.25, -0.2) is 4.79 Å². The van der Waals surface area contributed by atoms with E-state index < -0.39 is 0 Å². The quantitative estimate of drug-likeness (QED) is 0.786. The molecule has 1 aliphatic rings. The number of carbonyl (C=O) groups is 1. The van der Waals surface area contributed by atoms with Gasteiger partial charge in [-0.3, -0.25) is 5.32 Å². The Morgan fingerprint density at radius 1 is 1.10 bits per heavy atom. The number of likely N-dealkylation sites (tertiary alicyclic amines) is 1. The number of hydrogen-bond donors (Lipinski definition) is 1. The summed E-state index contributed by atoms with van der Waals surface area (Å²) in [6.07, 6.45) is 1.26. The number of carbonyl (C=O) groups excluding carboxylic acids is 1. The zero-order valence-electron chi connectivity index (χ0n) is 17.1. The lowest BCUT2D eigenvalue weighted by molar-refractivity contribution is 0.0888. The second-order valence-electron chi connectivity index (χ2n) is 7.09. The SMILES string of the molecule is CCOC(=O)N1CCC(C#Cc2ccccc2)(NCc2ccc(OC)cc2)CC1. The van der Waals surface area contributed by atoms with Crippen LogP contribution in [0.3, 0.4) is 0 Å². The van der Waals surface area contributed by atoms with E-state index >= 15 is 0 Å². The van der Waals surface area contributed by atoms with E-state index in [9.17, 15) is 4.79 Å². The zero-order chi connectivity index (χ0) is 20.5. The molecule has 0 spiro atoms. The maximum absolute atomic E-state index is 12.1. The number of rotatable bonds is 5. The standard InChI is InChI=1S/C24H28N2O3/c1-3-29-23(27)26-17-15-24(16-18-26,14-13-20-7-5-4-6-8-20)25-19-21-9-11-22(28-2)12-10-21/h4-12,25H,3,15-19H2,1-2H3. The smallest absolute Gasteiger partial charge is 0.409 e. The Balaban J connectivity index is 1.73. The topological polar surface area (TPSA) is 50.8 Å². The normalized spacial score (nSPS) is 15.2. The van der Waals surface area contributed by atoms with E-state index in [4.69, 9.17) is 9.47 Å². The highest BCUT2D eigenvalue weighted by molar-refractivity contribution is 5.67. The molecule has 1 heterocycles. The van der Waals surface area contributed by atoms with E-state index in [-0.39, 0.29) is 11.6 Å². The summed E-state index contributed by atoms with van der Waals surface area (Å²) < 4.78 is 10.4. The van der Waals surface area contributed by atoms with Crippen LogP contribution in [0, 0.1) is 11.8 Å². The van der Waals surface area contributed by atoms with Gasteiger partial charge < -0.3 is 14.4 Å². The minimum atomic E-state index is -0.348. The van der Waals surface area contributed by atoms with Gasteiger partial charge in [0.15, 0.2) is 0 Å². The van der Waals surface area contributed by atoms with Crippen molar-refractivity contribution in [2.45, 2.75) is 31.8 Å². The van der Waals surface area contributed by atoms with E-state index in [1.807, 2.05) is 49.4 Å². The average Bonchev–Trinajstić information content (AvgIpc) is 2.78. The average molecular weight is 392 g/mol. The molecule has 3 rings (SSSR count). The summed E-state index contributed by atoms with van der Waals surface area (Å²) in [5, 5.41) is 3.66. The van der Waals surface area contributed by atoms with Crippen molar-refractivity contribution in [1.82, 2.24) is 10.2 Å². The van der Waals surface area contributed by atoms with Gasteiger partial charge in [0.1, 0.15) is 5.75 Å². The molecule has 0 unspecified atom stereocenters. The van der Waals surface area contributed by atoms with Crippen molar-refractivity contribution in [3.8, 4) is 17.6 Å². The van der Waals surface area contributed by atoms with Crippen LogP contribution >= 0.6 is 0 Å². The van der Waals surface area contributed by atoms with Gasteiger partial charge in [-0.15, -0.1) is 0 Å². The van der Waals surface area contributed by atoms with Gasteiger partial charge in [-0.05, 0) is 49.6 Å². The van der Waals surface area contributed by atoms with Crippen molar-refractivity contribution in [2.75, 3.05) is 26.8 Å². The lowest BCUT2D eigenvalue weighted by Gasteiger charge is -2.38. The first kappa shape index (κ1) is 20.8. The summed E-state index contributed by atoms with van der Waals surface area (Å²) in [5.41, 5.74) is 1.81. The van der Waals surface area contributed by atoms with Crippen molar-refractivity contribution in [2.24, 2.45) is 0 Å². The van der Waals surface area contributed by atoms with Gasteiger partial charge in [0.25, 0.3) is 0 Å². The monoisotopic (exact) mass is 392 g/mol. The van der Waals surface area contributed by atoms with Crippen LogP contribution in [0.2, 0.25) is 0 Å². The van der Waals surface area contributed by atoms with Crippen LogP contribution in [0.4, 0.5) is 4.79 Å². The summed E-state index contributed by atoms with van der Waals surface area (Å²) in [6.45, 7) is 4.17. The van der Waals surface area contributed by atoms with Gasteiger partial charge in [0, 0.05) is 25.2 Å². The molecule has 0 bridgehead atoms. The fraction of sp³-hybridized carbons (Fsp3) is 0.375. The maximum Gasteiger partial charge on any atom is 0.409 e. The summed E-state index contributed by atoms with van der Waals surface area (Å²) in [5.74, 6) is 7.63. The number of hydrogen-bond acceptors (Lipinski definition) is 4. The van der Waals surface area contributed by atoms with Gasteiger partial charge in [-0.1, -0.05) is 42.2 Å². The van der Waals surface area contributed by atoms with Crippen molar-refractivity contribution < 1.29 is 14.3 Å². The molecule has 5 heteroatoms. The lowest BCUT2D eigenvalue weighted by Crippen LogP contribution is -2.53. The second kappa shape index (κ2) is 9.99. The summed E-state index contributed by atoms with van der Waals surface area (Å²) in [6, 6.07) is 18.0. The summed E-state index contributed by atoms with van der Waals surface area (Å²) in [4.78, 5) is 13.8. The summed E-state index contributed by atoms with van der Waals surface area (Å²) in [7, 11) is 1.67. The lowest BCUT2D eigenvalue weighted by atomic mass is 9.87. The molecule has 152 valence electrons. The fourth-order valence-electron chi connectivity index (χ4n) is 3.36. The molecule has 1 N–H and O–H groups in total. The molecule has 1 amide bonds. The number of nitrogens with zero attached hydrogens (tertiary/aromatic N) is 1. The molecular weight excluding hydrogens is 364 g/mol. The molecule has 1 fully saturated rings. The third-order valence-electron chi connectivity index (χ3n) is 5.15. The van der Waals surface area contributed by atoms with Crippen molar-refractivity contribution in [3.05, 3.63) is 65.7 Å². The Kier molecular flexibility index (Phi) is 7.15. The Bertz CT molecular complexity index is 845. The van der Waals surface area contributed by atoms with Crippen molar-refractivity contribution >= 4 is 6.09 Å². The van der Waals surface area contributed by atoms with Crippen molar-refractivity contribution in [1.29, 1.82) is 0 Å². The second-order valence-corrected chi connectivity index (χ2v) is 7.09. The number of methoxy groups -OCH3 is 1. The van der Waals surface area contributed by atoms with Crippen LogP contribution in [0.25, 0.3) is 0 Å². The molecule has 0 radical (unpaired) electrons. The number of amides is 1. The first-order valence-corrected chi connectivity index (χ1v) is 10.0. The van der Waals surface area contributed by atoms with Crippen LogP contribution in [-0.2, 0) is 11.3 Å². The molecular formula is C24H28N2O3. The molecule has 1 aliphatic heterocycles. The Morgan fingerprint density at radius 2 is 1.79 bits per heavy atom. The third-order valence-corrected chi connectivity index (χ3v) is 5.15. The van der Waals surface area contributed by atoms with E-state index in [1.165, 1.54) is 5.56 Å². The molecule has 2 aromatic carbocycles. The molecule has 1 saturated heterocycles. The van der Waals surface area contributed by atoms with E-state index in [0.29, 0.717) is 26.2 Å². The number of nitrogens with one attached hydrogen (secondary N) is 1. The Labute approximate surface area is 173 Å². The van der Waals surface area contributed by atoms with E-state index in [2.05, 4.69) is 29.3 Å². The molecule has 29 heavy (non-hydrogen) atoms. The molecule has 0 saturated carbocycles. The fourth-order valence-corrected chi connectivity index (χ4v) is 3.36. The highest BCUT2D eigenvalue weighted by atomic mass is 16.6. The first-order chi connectivity index (χ1) is 14.1. The number of ether oxygens (including phenoxy) is 2. The highest BCUT2D eigenvalue weighted by Gasteiger charge is 2.34. The number of benzene rings is 2. The predicted molar refractivity (Wildman–Crippen MR) is 114 cm³/mol. The van der Waals surface area contributed by atoms with E-state index in [1.54, 1.807) is 12.0 Å². The minimum Gasteiger partial charge on any atom is -0.497 e. The number of piperidine rings is 1. The molecule has 2 aromatic rings.